The first-order chi connectivity index (χ1) is 1.73. The van der Waals surface area contributed by atoms with Gasteiger partial charge in [-0.1, -0.05) is 0 Å². The van der Waals surface area contributed by atoms with Gasteiger partial charge in [-0.05, 0) is 0 Å². The summed E-state index contributed by atoms with van der Waals surface area (Å²) in [7, 11) is -3.13. The van der Waals surface area contributed by atoms with E-state index in [1.54, 1.807) is 0 Å². The normalized spacial score (nSPS) is 3.43. The molecule has 0 fully saturated rings. The van der Waals surface area contributed by atoms with E-state index in [2.05, 4.69) is 0 Å². The molecule has 0 aromatic carbocycles. The van der Waals surface area contributed by atoms with Crippen molar-refractivity contribution in [2.75, 3.05) is 0 Å². The Bertz CT molecular complexity index is 37.9. The molecule has 40 valence electrons. The van der Waals surface area contributed by atoms with E-state index in [4.69, 9.17) is 14.1 Å². The van der Waals surface area contributed by atoms with E-state index in [-0.39, 0.29) is 63.5 Å². The topological polar surface area (TPSA) is 57.5 Å². The van der Waals surface area contributed by atoms with Gasteiger partial charge in [-0.15, -0.1) is 0 Å². The van der Waals surface area contributed by atoms with Gasteiger partial charge in [0.05, 0.1) is 8.41 Å². The Labute approximate surface area is 85.7 Å². The molecule has 0 atom stereocenters. The third-order valence-corrected chi connectivity index (χ3v) is 0. The van der Waals surface area contributed by atoms with Gasteiger partial charge in [0.25, 0.3) is 0 Å². The molecule has 0 saturated carbocycles. The minimum atomic E-state index is -3.13. The average molecular weight is 164 g/mol. The Hall–Kier alpha value is 1.47. The van der Waals surface area contributed by atoms with Crippen molar-refractivity contribution < 1.29 is 14.1 Å². The first kappa shape index (κ1) is 23.6. The van der Waals surface area contributed by atoms with Crippen LogP contribution in [0.15, 0.2) is 0 Å². The molecule has 7 heteroatoms. The second kappa shape index (κ2) is 15.6. The van der Waals surface area contributed by atoms with Gasteiger partial charge in [0.1, 0.15) is 0 Å². The predicted molar refractivity (Wildman–Crippen MR) is 39.3 cm³/mol. The van der Waals surface area contributed by atoms with Crippen LogP contribution < -0.4 is 0 Å². The van der Waals surface area contributed by atoms with Crippen LogP contribution in [-0.4, -0.2) is 82.3 Å². The maximum absolute atomic E-state index is 8.74. The molecule has 0 aliphatic rings. The summed E-state index contributed by atoms with van der Waals surface area (Å²) in [5.41, 5.74) is 0. The van der Waals surface area contributed by atoms with Crippen molar-refractivity contribution in [2.45, 2.75) is 0 Å². The molecule has 0 saturated heterocycles. The molecule has 0 spiro atoms. The molecule has 2 N–H and O–H groups in total. The molecule has 0 aliphatic carbocycles. The second-order valence-corrected chi connectivity index (χ2v) is 0.848. The molecule has 7 heavy (non-hydrogen) atoms. The van der Waals surface area contributed by atoms with Crippen LogP contribution in [0.25, 0.3) is 0 Å². The molecule has 0 unspecified atom stereocenters. The van der Waals surface area contributed by atoms with Crippen LogP contribution in [0.4, 0.5) is 0 Å². The summed E-state index contributed by atoms with van der Waals surface area (Å²) in [5.74, 6) is 0. The van der Waals surface area contributed by atoms with Gasteiger partial charge >= 0.3 is 46.9 Å². The van der Waals surface area contributed by atoms with Gasteiger partial charge < -0.3 is 9.59 Å². The second-order valence-electron chi connectivity index (χ2n) is 0.283. The molecule has 3 nitrogen and oxygen atoms in total. The molecule has 0 aromatic heterocycles. The van der Waals surface area contributed by atoms with Crippen molar-refractivity contribution >= 4 is 72.7 Å². The van der Waals surface area contributed by atoms with Crippen LogP contribution in [0.3, 0.4) is 0 Å². The van der Waals surface area contributed by atoms with E-state index in [0.29, 0.717) is 0 Å². The summed E-state index contributed by atoms with van der Waals surface area (Å²) >= 11 is 0. The summed E-state index contributed by atoms with van der Waals surface area (Å²) in [6, 6.07) is 0. The van der Waals surface area contributed by atoms with Crippen molar-refractivity contribution in [1.29, 1.82) is 0 Å². The third kappa shape index (κ3) is 103. The Morgan fingerprint density at radius 3 is 1.29 bits per heavy atom. The van der Waals surface area contributed by atoms with Crippen molar-refractivity contribution in [1.82, 2.24) is 0 Å². The van der Waals surface area contributed by atoms with Crippen LogP contribution >= 0.6 is 0 Å². The first-order valence-corrected chi connectivity index (χ1v) is 1.95. The van der Waals surface area contributed by atoms with E-state index in [0.717, 1.165) is 0 Å². The van der Waals surface area contributed by atoms with Gasteiger partial charge in [0.15, 0.2) is 17.4 Å². The van der Waals surface area contributed by atoms with E-state index >= 15 is 0 Å². The maximum atomic E-state index is 8.74. The molecule has 0 rings (SSSR count). The Morgan fingerprint density at radius 2 is 1.29 bits per heavy atom. The Kier molecular flexibility index (Phi) is 52.9. The van der Waals surface area contributed by atoms with E-state index in [1.807, 2.05) is 0 Å². The van der Waals surface area contributed by atoms with Crippen molar-refractivity contribution in [3.63, 3.8) is 0 Å². The molecule has 0 amide bonds. The summed E-state index contributed by atoms with van der Waals surface area (Å²) in [6.07, 6.45) is 0. The predicted octanol–water partition coefficient (Wildman–Crippen LogP) is -4.90. The van der Waals surface area contributed by atoms with E-state index < -0.39 is 9.17 Å². The third-order valence-electron chi connectivity index (χ3n) is 0. The summed E-state index contributed by atoms with van der Waals surface area (Å²) in [5, 5.41) is 0. The fourth-order valence-corrected chi connectivity index (χ4v) is 0. The molecular formula is H10AlBCaO3Si. The monoisotopic (exact) mass is 164 g/mol. The fraction of sp³-hybridized carbons (Fsp3) is 0. The van der Waals surface area contributed by atoms with E-state index in [1.165, 1.54) is 0 Å². The number of hydrogen-bond acceptors (Lipinski definition) is 1. The van der Waals surface area contributed by atoms with Crippen molar-refractivity contribution in [2.24, 2.45) is 0 Å². The molecular weight excluding hydrogens is 154 g/mol. The number of rotatable bonds is 0. The molecule has 0 aliphatic heterocycles. The zero-order valence-electron chi connectivity index (χ0n) is 1.80. The molecule has 0 heterocycles. The van der Waals surface area contributed by atoms with Crippen LogP contribution in [0.1, 0.15) is 0 Å². The van der Waals surface area contributed by atoms with Gasteiger partial charge in [0, 0.05) is 0 Å². The fourth-order valence-electron chi connectivity index (χ4n) is 0. The summed E-state index contributed by atoms with van der Waals surface area (Å²) in [6.45, 7) is 0. The van der Waals surface area contributed by atoms with Gasteiger partial charge in [-0.25, -0.2) is 0 Å². The van der Waals surface area contributed by atoms with Crippen LogP contribution in [0.5, 0.6) is 0 Å². The standard InChI is InChI=1S/Al.BH3.Ca.H2O3Si.5H/c;;;1-4(2)3;;;;;/h;1H3;;1-2H;;;;;. The van der Waals surface area contributed by atoms with Crippen molar-refractivity contribution in [3.05, 3.63) is 0 Å². The Balaban J connectivity index is -0.0000000150. The summed E-state index contributed by atoms with van der Waals surface area (Å²) in [4.78, 5) is 14.3. The van der Waals surface area contributed by atoms with Crippen molar-refractivity contribution in [3.8, 4) is 0 Å². The molecule has 0 radical (unpaired) electrons. The van der Waals surface area contributed by atoms with Gasteiger partial charge in [-0.2, -0.15) is 0 Å². The van der Waals surface area contributed by atoms with Gasteiger partial charge in [-0.3, -0.25) is 4.46 Å². The molecule has 0 bridgehead atoms. The number of hydrogen-bond donors (Lipinski definition) is 2. The SMILES string of the molecule is B.O=[Si](O)O.[AlH3].[CaH2]. The summed E-state index contributed by atoms with van der Waals surface area (Å²) < 4.78 is 8.74. The first-order valence-electron chi connectivity index (χ1n) is 0.651. The average Bonchev–Trinajstić information content (AvgIpc) is 0.811. The van der Waals surface area contributed by atoms with Crippen LogP contribution in [-0.2, 0) is 4.46 Å². The zero-order chi connectivity index (χ0) is 3.58. The van der Waals surface area contributed by atoms with Crippen LogP contribution in [0.2, 0.25) is 0 Å². The zero-order valence-corrected chi connectivity index (χ0v) is 2.80. The van der Waals surface area contributed by atoms with E-state index in [9.17, 15) is 0 Å². The van der Waals surface area contributed by atoms with Crippen LogP contribution in [0, 0.1) is 0 Å². The Morgan fingerprint density at radius 1 is 1.29 bits per heavy atom. The van der Waals surface area contributed by atoms with Gasteiger partial charge in [0.2, 0.25) is 0 Å². The molecule has 0 aromatic rings. The minimum absolute atomic E-state index is 0. The quantitative estimate of drug-likeness (QED) is 0.353.